The van der Waals surface area contributed by atoms with Gasteiger partial charge in [-0.3, -0.25) is 4.79 Å². The Hall–Kier alpha value is -2.73. The van der Waals surface area contributed by atoms with Crippen molar-refractivity contribution in [1.82, 2.24) is 4.90 Å². The van der Waals surface area contributed by atoms with Gasteiger partial charge in [0.2, 0.25) is 0 Å². The van der Waals surface area contributed by atoms with E-state index in [1.165, 1.54) is 24.1 Å². The molecule has 0 radical (unpaired) electrons. The highest BCUT2D eigenvalue weighted by molar-refractivity contribution is 6.32. The summed E-state index contributed by atoms with van der Waals surface area (Å²) in [6.45, 7) is 3.75. The van der Waals surface area contributed by atoms with E-state index < -0.39 is 5.97 Å². The van der Waals surface area contributed by atoms with Crippen molar-refractivity contribution in [3.8, 4) is 11.5 Å². The fourth-order valence-corrected chi connectivity index (χ4v) is 2.87. The van der Waals surface area contributed by atoms with Gasteiger partial charge in [0.15, 0.2) is 18.1 Å². The highest BCUT2D eigenvalue weighted by atomic mass is 35.5. The van der Waals surface area contributed by atoms with Crippen molar-refractivity contribution >= 4 is 23.5 Å². The van der Waals surface area contributed by atoms with Crippen molar-refractivity contribution in [3.05, 3.63) is 58.6 Å². The van der Waals surface area contributed by atoms with E-state index >= 15 is 0 Å². The van der Waals surface area contributed by atoms with Gasteiger partial charge in [0.25, 0.3) is 5.91 Å². The van der Waals surface area contributed by atoms with Crippen LogP contribution >= 0.6 is 11.6 Å². The van der Waals surface area contributed by atoms with Gasteiger partial charge in [-0.1, -0.05) is 41.9 Å². The Kier molecular flexibility index (Phi) is 7.70. The molecule has 1 atom stereocenters. The maximum Gasteiger partial charge on any atom is 0.338 e. The zero-order chi connectivity index (χ0) is 20.7. The number of carbonyl (C=O) groups is 2. The maximum absolute atomic E-state index is 12.4. The lowest BCUT2D eigenvalue weighted by Crippen LogP contribution is -2.33. The third-order valence-electron chi connectivity index (χ3n) is 4.34. The highest BCUT2D eigenvalue weighted by Crippen LogP contribution is 2.36. The second-order valence-corrected chi connectivity index (χ2v) is 6.50. The summed E-state index contributed by atoms with van der Waals surface area (Å²) in [7, 11) is 3.12. The van der Waals surface area contributed by atoms with Crippen LogP contribution < -0.4 is 9.47 Å². The Morgan fingerprint density at radius 1 is 1.18 bits per heavy atom. The number of rotatable bonds is 8. The Labute approximate surface area is 169 Å². The van der Waals surface area contributed by atoms with Crippen molar-refractivity contribution in [2.75, 3.05) is 27.4 Å². The Morgan fingerprint density at radius 3 is 2.46 bits per heavy atom. The number of hydrogen-bond acceptors (Lipinski definition) is 5. The number of benzene rings is 2. The van der Waals surface area contributed by atoms with E-state index in [0.717, 1.165) is 5.56 Å². The van der Waals surface area contributed by atoms with Gasteiger partial charge in [-0.15, -0.1) is 0 Å². The molecule has 1 amide bonds. The van der Waals surface area contributed by atoms with Gasteiger partial charge in [-0.05, 0) is 31.5 Å². The molecule has 0 bridgehead atoms. The van der Waals surface area contributed by atoms with Crippen molar-refractivity contribution < 1.29 is 23.8 Å². The summed E-state index contributed by atoms with van der Waals surface area (Å²) in [5.41, 5.74) is 1.17. The minimum absolute atomic E-state index is 0.146. The molecule has 28 heavy (non-hydrogen) atoms. The lowest BCUT2D eigenvalue weighted by atomic mass is 10.1. The van der Waals surface area contributed by atoms with Crippen LogP contribution in [0, 0.1) is 0 Å². The van der Waals surface area contributed by atoms with E-state index in [1.54, 1.807) is 7.05 Å². The van der Waals surface area contributed by atoms with E-state index in [2.05, 4.69) is 0 Å². The van der Waals surface area contributed by atoms with Crippen LogP contribution in [0.3, 0.4) is 0 Å². The molecular weight excluding hydrogens is 382 g/mol. The molecule has 0 N–H and O–H groups in total. The molecule has 0 fully saturated rings. The number of hydrogen-bond donors (Lipinski definition) is 0. The van der Waals surface area contributed by atoms with E-state index in [1.807, 2.05) is 44.2 Å². The molecule has 0 aromatic heterocycles. The van der Waals surface area contributed by atoms with Crippen LogP contribution in [-0.4, -0.2) is 44.1 Å². The number of ether oxygens (including phenoxy) is 3. The zero-order valence-corrected chi connectivity index (χ0v) is 17.2. The molecule has 0 spiro atoms. The van der Waals surface area contributed by atoms with Crippen molar-refractivity contribution in [2.45, 2.75) is 19.9 Å². The molecule has 0 heterocycles. The molecule has 2 aromatic rings. The molecule has 0 unspecified atom stereocenters. The summed E-state index contributed by atoms with van der Waals surface area (Å²) in [4.78, 5) is 26.3. The van der Waals surface area contributed by atoms with Crippen molar-refractivity contribution in [2.24, 2.45) is 0 Å². The fourth-order valence-electron chi connectivity index (χ4n) is 2.61. The lowest BCUT2D eigenvalue weighted by molar-refractivity contribution is -0.135. The standard InChI is InChI=1S/C21H24ClNO5/c1-5-27-20-17(22)11-16(12-18(20)26-4)21(25)28-13-19(24)23(3)14(2)15-9-7-6-8-10-15/h6-12,14H,5,13H2,1-4H3/t14-/m0/s1. The van der Waals surface area contributed by atoms with E-state index in [9.17, 15) is 9.59 Å². The normalized spacial score (nSPS) is 11.5. The summed E-state index contributed by atoms with van der Waals surface area (Å²) in [6.07, 6.45) is 0. The van der Waals surface area contributed by atoms with E-state index in [0.29, 0.717) is 18.1 Å². The molecule has 0 saturated carbocycles. The number of esters is 1. The molecule has 0 aliphatic heterocycles. The average molecular weight is 406 g/mol. The van der Waals surface area contributed by atoms with Crippen molar-refractivity contribution in [3.63, 3.8) is 0 Å². The van der Waals surface area contributed by atoms with Gasteiger partial charge in [0, 0.05) is 7.05 Å². The fraction of sp³-hybridized carbons (Fsp3) is 0.333. The van der Waals surface area contributed by atoms with Crippen LogP contribution in [0.5, 0.6) is 11.5 Å². The molecule has 150 valence electrons. The van der Waals surface area contributed by atoms with Gasteiger partial charge in [0.1, 0.15) is 0 Å². The number of halogens is 1. The van der Waals surface area contributed by atoms with Crippen LogP contribution in [0.25, 0.3) is 0 Å². The third-order valence-corrected chi connectivity index (χ3v) is 4.62. The summed E-state index contributed by atoms with van der Waals surface area (Å²) >= 11 is 6.17. The Morgan fingerprint density at radius 2 is 1.86 bits per heavy atom. The van der Waals surface area contributed by atoms with Crippen LogP contribution in [-0.2, 0) is 9.53 Å². The molecule has 2 rings (SSSR count). The van der Waals surface area contributed by atoms with Gasteiger partial charge >= 0.3 is 5.97 Å². The van der Waals surface area contributed by atoms with Gasteiger partial charge in [0.05, 0.1) is 30.3 Å². The third kappa shape index (κ3) is 5.16. The summed E-state index contributed by atoms with van der Waals surface area (Å²) in [6, 6.07) is 12.4. The highest BCUT2D eigenvalue weighted by Gasteiger charge is 2.21. The van der Waals surface area contributed by atoms with E-state index in [4.69, 9.17) is 25.8 Å². The number of likely N-dealkylation sites (N-methyl/N-ethyl adjacent to an activating group) is 1. The summed E-state index contributed by atoms with van der Waals surface area (Å²) in [5.74, 6) is -0.302. The molecule has 2 aromatic carbocycles. The first kappa shape index (κ1) is 21.6. The second kappa shape index (κ2) is 9.99. The van der Waals surface area contributed by atoms with Crippen LogP contribution in [0.15, 0.2) is 42.5 Å². The summed E-state index contributed by atoms with van der Waals surface area (Å²) < 4.78 is 15.8. The first-order valence-corrected chi connectivity index (χ1v) is 9.24. The van der Waals surface area contributed by atoms with Gasteiger partial charge in [-0.2, -0.15) is 0 Å². The SMILES string of the molecule is CCOc1c(Cl)cc(C(=O)OCC(=O)N(C)[C@@H](C)c2ccccc2)cc1OC. The minimum atomic E-state index is -0.669. The molecular formula is C21H24ClNO5. The van der Waals surface area contributed by atoms with Crippen LogP contribution in [0.1, 0.15) is 35.8 Å². The smallest absolute Gasteiger partial charge is 0.338 e. The molecule has 6 nitrogen and oxygen atoms in total. The zero-order valence-electron chi connectivity index (χ0n) is 16.4. The average Bonchev–Trinajstić information content (AvgIpc) is 2.72. The lowest BCUT2D eigenvalue weighted by Gasteiger charge is -2.25. The Bertz CT molecular complexity index is 825. The topological polar surface area (TPSA) is 65.1 Å². The molecule has 0 aliphatic rings. The predicted molar refractivity (Wildman–Crippen MR) is 107 cm³/mol. The second-order valence-electron chi connectivity index (χ2n) is 6.09. The largest absolute Gasteiger partial charge is 0.493 e. The first-order valence-electron chi connectivity index (χ1n) is 8.87. The quantitative estimate of drug-likeness (QED) is 0.618. The predicted octanol–water partition coefficient (Wildman–Crippen LogP) is 4.12. The van der Waals surface area contributed by atoms with Gasteiger partial charge in [-0.25, -0.2) is 4.79 Å². The van der Waals surface area contributed by atoms with Gasteiger partial charge < -0.3 is 19.1 Å². The Balaban J connectivity index is 2.03. The summed E-state index contributed by atoms with van der Waals surface area (Å²) in [5, 5.41) is 0.231. The maximum atomic E-state index is 12.4. The molecule has 0 aliphatic carbocycles. The minimum Gasteiger partial charge on any atom is -0.493 e. The van der Waals surface area contributed by atoms with Crippen molar-refractivity contribution in [1.29, 1.82) is 0 Å². The molecule has 7 heteroatoms. The first-order chi connectivity index (χ1) is 13.4. The van der Waals surface area contributed by atoms with E-state index in [-0.39, 0.29) is 29.1 Å². The van der Waals surface area contributed by atoms with Crippen LogP contribution in [0.2, 0.25) is 5.02 Å². The van der Waals surface area contributed by atoms with Crippen LogP contribution in [0.4, 0.5) is 0 Å². The number of methoxy groups -OCH3 is 1. The molecule has 0 saturated heterocycles. The number of carbonyl (C=O) groups excluding carboxylic acids is 2. The number of nitrogens with zero attached hydrogens (tertiary/aromatic N) is 1. The number of amides is 1. The monoisotopic (exact) mass is 405 g/mol.